The summed E-state index contributed by atoms with van der Waals surface area (Å²) in [5.41, 5.74) is 3.75. The quantitative estimate of drug-likeness (QED) is 0.609. The minimum absolute atomic E-state index is 0.590. The fraction of sp³-hybridized carbons (Fsp3) is 0.273. The van der Waals surface area contributed by atoms with Crippen molar-refractivity contribution in [1.82, 2.24) is 0 Å². The molecule has 0 nitrogen and oxygen atoms in total. The van der Waals surface area contributed by atoms with E-state index in [4.69, 9.17) is 11.6 Å². The summed E-state index contributed by atoms with van der Waals surface area (Å²) in [6.45, 7) is 4.18. The lowest BCUT2D eigenvalue weighted by Crippen LogP contribution is -1.87. The van der Waals surface area contributed by atoms with Gasteiger partial charge in [0, 0.05) is 5.88 Å². The van der Waals surface area contributed by atoms with Gasteiger partial charge in [-0.15, -0.1) is 11.6 Å². The molecule has 0 radical (unpaired) electrons. The molecule has 0 aromatic heterocycles. The first-order valence-electron chi connectivity index (χ1n) is 4.03. The molecule has 0 spiro atoms. The zero-order valence-corrected chi connectivity index (χ0v) is 8.23. The molecule has 1 heteroatoms. The predicted octanol–water partition coefficient (Wildman–Crippen LogP) is 3.72. The van der Waals surface area contributed by atoms with Crippen molar-refractivity contribution < 1.29 is 0 Å². The Hall–Kier alpha value is -0.750. The highest BCUT2D eigenvalue weighted by Gasteiger charge is 1.99. The summed E-state index contributed by atoms with van der Waals surface area (Å²) < 4.78 is 0. The van der Waals surface area contributed by atoms with Crippen molar-refractivity contribution in [2.45, 2.75) is 13.8 Å². The van der Waals surface area contributed by atoms with Crippen LogP contribution in [0.1, 0.15) is 19.4 Å². The summed E-state index contributed by atoms with van der Waals surface area (Å²) in [5, 5.41) is 0. The Morgan fingerprint density at radius 2 is 1.75 bits per heavy atom. The summed E-state index contributed by atoms with van der Waals surface area (Å²) in [4.78, 5) is 0. The highest BCUT2D eigenvalue weighted by atomic mass is 35.5. The molecule has 1 rings (SSSR count). The molecule has 0 saturated carbocycles. The first kappa shape index (κ1) is 9.34. The standard InChI is InChI=1S/C11H13Cl/c1-9(2)11(8-12)10-6-4-3-5-7-10/h3-7H,8H2,1-2H3. The fourth-order valence-corrected chi connectivity index (χ4v) is 1.56. The van der Waals surface area contributed by atoms with Gasteiger partial charge in [0.1, 0.15) is 0 Å². The van der Waals surface area contributed by atoms with Gasteiger partial charge < -0.3 is 0 Å². The first-order chi connectivity index (χ1) is 5.75. The van der Waals surface area contributed by atoms with Gasteiger partial charge in [0.05, 0.1) is 0 Å². The average Bonchev–Trinajstić information content (AvgIpc) is 2.07. The van der Waals surface area contributed by atoms with Crippen molar-refractivity contribution in [3.63, 3.8) is 0 Å². The van der Waals surface area contributed by atoms with Crippen LogP contribution in [0, 0.1) is 0 Å². The Kier molecular flexibility index (Phi) is 3.36. The third kappa shape index (κ3) is 2.12. The van der Waals surface area contributed by atoms with Crippen LogP contribution >= 0.6 is 11.6 Å². The fourth-order valence-electron chi connectivity index (χ4n) is 1.14. The molecule has 0 aliphatic carbocycles. The van der Waals surface area contributed by atoms with Gasteiger partial charge in [0.2, 0.25) is 0 Å². The molecular formula is C11H13Cl. The number of hydrogen-bond acceptors (Lipinski definition) is 0. The van der Waals surface area contributed by atoms with E-state index in [0.717, 1.165) is 0 Å². The number of rotatable bonds is 2. The van der Waals surface area contributed by atoms with E-state index in [1.165, 1.54) is 16.7 Å². The van der Waals surface area contributed by atoms with Gasteiger partial charge in [0.25, 0.3) is 0 Å². The lowest BCUT2D eigenvalue weighted by atomic mass is 10.0. The topological polar surface area (TPSA) is 0 Å². The van der Waals surface area contributed by atoms with Crippen molar-refractivity contribution in [1.29, 1.82) is 0 Å². The SMILES string of the molecule is CC(C)=C(CCl)c1ccccc1. The van der Waals surface area contributed by atoms with E-state index in [0.29, 0.717) is 5.88 Å². The molecule has 0 aliphatic rings. The second-order valence-electron chi connectivity index (χ2n) is 2.98. The highest BCUT2D eigenvalue weighted by molar-refractivity contribution is 6.23. The molecule has 0 aliphatic heterocycles. The highest BCUT2D eigenvalue weighted by Crippen LogP contribution is 2.19. The molecule has 0 saturated heterocycles. The van der Waals surface area contributed by atoms with Crippen molar-refractivity contribution in [3.8, 4) is 0 Å². The summed E-state index contributed by atoms with van der Waals surface area (Å²) >= 11 is 5.84. The van der Waals surface area contributed by atoms with Crippen LogP contribution in [-0.4, -0.2) is 5.88 Å². The van der Waals surface area contributed by atoms with Crippen molar-refractivity contribution in [2.24, 2.45) is 0 Å². The van der Waals surface area contributed by atoms with Crippen LogP contribution in [0.2, 0.25) is 0 Å². The van der Waals surface area contributed by atoms with E-state index in [1.807, 2.05) is 18.2 Å². The van der Waals surface area contributed by atoms with E-state index in [2.05, 4.69) is 26.0 Å². The Labute approximate surface area is 78.9 Å². The van der Waals surface area contributed by atoms with Crippen LogP contribution in [0.5, 0.6) is 0 Å². The number of hydrogen-bond donors (Lipinski definition) is 0. The van der Waals surface area contributed by atoms with Crippen LogP contribution in [0.15, 0.2) is 35.9 Å². The minimum atomic E-state index is 0.590. The molecule has 64 valence electrons. The van der Waals surface area contributed by atoms with Gasteiger partial charge in [-0.25, -0.2) is 0 Å². The lowest BCUT2D eigenvalue weighted by Gasteiger charge is -2.05. The minimum Gasteiger partial charge on any atom is -0.122 e. The van der Waals surface area contributed by atoms with E-state index in [-0.39, 0.29) is 0 Å². The zero-order valence-electron chi connectivity index (χ0n) is 7.47. The largest absolute Gasteiger partial charge is 0.122 e. The molecule has 0 bridgehead atoms. The second-order valence-corrected chi connectivity index (χ2v) is 3.25. The molecule has 0 fully saturated rings. The number of benzene rings is 1. The maximum absolute atomic E-state index is 5.84. The van der Waals surface area contributed by atoms with Crippen molar-refractivity contribution in [3.05, 3.63) is 41.5 Å². The van der Waals surface area contributed by atoms with Gasteiger partial charge >= 0.3 is 0 Å². The van der Waals surface area contributed by atoms with Gasteiger partial charge in [-0.2, -0.15) is 0 Å². The predicted molar refractivity (Wildman–Crippen MR) is 55.4 cm³/mol. The van der Waals surface area contributed by atoms with Crippen LogP contribution in [0.3, 0.4) is 0 Å². The van der Waals surface area contributed by atoms with Crippen LogP contribution in [0.25, 0.3) is 5.57 Å². The van der Waals surface area contributed by atoms with E-state index in [9.17, 15) is 0 Å². The Morgan fingerprint density at radius 3 is 2.17 bits per heavy atom. The summed E-state index contributed by atoms with van der Waals surface area (Å²) in [7, 11) is 0. The number of allylic oxidation sites excluding steroid dienone is 2. The Morgan fingerprint density at radius 1 is 1.17 bits per heavy atom. The third-order valence-corrected chi connectivity index (χ3v) is 2.13. The molecule has 0 unspecified atom stereocenters. The third-order valence-electron chi connectivity index (χ3n) is 1.86. The van der Waals surface area contributed by atoms with Crippen LogP contribution < -0.4 is 0 Å². The Bertz CT molecular complexity index is 268. The number of halogens is 1. The number of alkyl halides is 1. The van der Waals surface area contributed by atoms with E-state index >= 15 is 0 Å². The van der Waals surface area contributed by atoms with Gasteiger partial charge in [0.15, 0.2) is 0 Å². The molecule has 0 N–H and O–H groups in total. The summed E-state index contributed by atoms with van der Waals surface area (Å²) in [6, 6.07) is 10.3. The normalized spacial score (nSPS) is 9.58. The average molecular weight is 181 g/mol. The molecule has 12 heavy (non-hydrogen) atoms. The van der Waals surface area contributed by atoms with E-state index in [1.54, 1.807) is 0 Å². The van der Waals surface area contributed by atoms with Crippen LogP contribution in [-0.2, 0) is 0 Å². The molecule has 0 amide bonds. The molecule has 1 aromatic carbocycles. The summed E-state index contributed by atoms with van der Waals surface area (Å²) in [5.74, 6) is 0.590. The van der Waals surface area contributed by atoms with Gasteiger partial charge in [-0.1, -0.05) is 35.9 Å². The lowest BCUT2D eigenvalue weighted by molar-refractivity contribution is 1.37. The smallest absolute Gasteiger partial charge is 0.0479 e. The van der Waals surface area contributed by atoms with Crippen LogP contribution in [0.4, 0.5) is 0 Å². The monoisotopic (exact) mass is 180 g/mol. The molecule has 0 heterocycles. The Balaban J connectivity index is 3.05. The van der Waals surface area contributed by atoms with Gasteiger partial charge in [-0.05, 0) is 25.0 Å². The van der Waals surface area contributed by atoms with Crippen molar-refractivity contribution in [2.75, 3.05) is 5.88 Å². The van der Waals surface area contributed by atoms with Gasteiger partial charge in [-0.3, -0.25) is 0 Å². The summed E-state index contributed by atoms with van der Waals surface area (Å²) in [6.07, 6.45) is 0. The molecular weight excluding hydrogens is 168 g/mol. The maximum atomic E-state index is 5.84. The second kappa shape index (κ2) is 4.32. The zero-order chi connectivity index (χ0) is 8.97. The van der Waals surface area contributed by atoms with E-state index < -0.39 is 0 Å². The molecule has 0 atom stereocenters. The van der Waals surface area contributed by atoms with Crippen molar-refractivity contribution >= 4 is 17.2 Å². The maximum Gasteiger partial charge on any atom is 0.0479 e. The first-order valence-corrected chi connectivity index (χ1v) is 4.57. The molecule has 1 aromatic rings.